The summed E-state index contributed by atoms with van der Waals surface area (Å²) in [5, 5.41) is 10.5. The minimum atomic E-state index is -0.995. The zero-order valence-electron chi connectivity index (χ0n) is 10.6. The summed E-state index contributed by atoms with van der Waals surface area (Å²) in [4.78, 5) is 10.1. The Hall–Kier alpha value is -1.42. The Morgan fingerprint density at radius 2 is 1.76 bits per heavy atom. The molecular weight excluding hydrogens is 230 g/mol. The first-order chi connectivity index (χ1) is 7.88. The summed E-state index contributed by atoms with van der Waals surface area (Å²) in [5.74, 6) is 0. The van der Waals surface area contributed by atoms with Crippen molar-refractivity contribution in [1.29, 1.82) is 0 Å². The van der Waals surface area contributed by atoms with Gasteiger partial charge in [-0.1, -0.05) is 43.9 Å². The molecule has 0 unspecified atom stereocenters. The Morgan fingerprint density at radius 1 is 1.18 bits per heavy atom. The maximum absolute atomic E-state index is 10.5. The third-order valence-corrected chi connectivity index (χ3v) is 3.86. The third-order valence-electron chi connectivity index (χ3n) is 2.40. The van der Waals surface area contributed by atoms with Gasteiger partial charge in [-0.25, -0.2) is 0 Å². The SMILES string of the molecule is C[Si](C)(C)C/C=C/Cc1ccc([N+](=O)[O-])cc1. The molecule has 0 saturated heterocycles. The summed E-state index contributed by atoms with van der Waals surface area (Å²) in [7, 11) is -0.995. The monoisotopic (exact) mass is 249 g/mol. The van der Waals surface area contributed by atoms with Crippen molar-refractivity contribution in [3.63, 3.8) is 0 Å². The zero-order valence-corrected chi connectivity index (χ0v) is 11.6. The van der Waals surface area contributed by atoms with Crippen LogP contribution >= 0.6 is 0 Å². The molecule has 0 N–H and O–H groups in total. The van der Waals surface area contributed by atoms with Gasteiger partial charge in [-0.3, -0.25) is 10.1 Å². The number of hydrogen-bond donors (Lipinski definition) is 0. The van der Waals surface area contributed by atoms with Gasteiger partial charge in [-0.15, -0.1) is 0 Å². The Morgan fingerprint density at radius 3 is 2.24 bits per heavy atom. The van der Waals surface area contributed by atoms with Crippen molar-refractivity contribution in [3.05, 3.63) is 52.1 Å². The van der Waals surface area contributed by atoms with Crippen LogP contribution in [0.5, 0.6) is 0 Å². The van der Waals surface area contributed by atoms with Crippen molar-refractivity contribution in [3.8, 4) is 0 Å². The van der Waals surface area contributed by atoms with Gasteiger partial charge in [-0.2, -0.15) is 0 Å². The molecule has 4 heteroatoms. The number of benzene rings is 1. The predicted molar refractivity (Wildman–Crippen MR) is 74.1 cm³/mol. The van der Waals surface area contributed by atoms with Crippen molar-refractivity contribution in [2.75, 3.05) is 0 Å². The number of rotatable bonds is 5. The van der Waals surface area contributed by atoms with Crippen LogP contribution in [0.15, 0.2) is 36.4 Å². The van der Waals surface area contributed by atoms with Crippen molar-refractivity contribution >= 4 is 13.8 Å². The van der Waals surface area contributed by atoms with Crippen LogP contribution in [0.1, 0.15) is 5.56 Å². The Kier molecular flexibility index (Phi) is 4.63. The second-order valence-electron chi connectivity index (χ2n) is 5.36. The summed E-state index contributed by atoms with van der Waals surface area (Å²) in [5.41, 5.74) is 1.27. The van der Waals surface area contributed by atoms with Crippen molar-refractivity contribution in [2.45, 2.75) is 32.1 Å². The van der Waals surface area contributed by atoms with Gasteiger partial charge in [0.1, 0.15) is 0 Å². The molecule has 0 aliphatic heterocycles. The van der Waals surface area contributed by atoms with Crippen LogP contribution in [0.4, 0.5) is 5.69 Å². The average Bonchev–Trinajstić information content (AvgIpc) is 2.24. The molecular formula is C13H19NO2Si. The normalized spacial score (nSPS) is 11.9. The van der Waals surface area contributed by atoms with Crippen molar-refractivity contribution in [2.24, 2.45) is 0 Å². The van der Waals surface area contributed by atoms with Crippen LogP contribution in [-0.4, -0.2) is 13.0 Å². The lowest BCUT2D eigenvalue weighted by Crippen LogP contribution is -2.17. The third kappa shape index (κ3) is 5.45. The Labute approximate surface area is 103 Å². The van der Waals surface area contributed by atoms with Crippen LogP contribution in [0.3, 0.4) is 0 Å². The molecule has 3 nitrogen and oxygen atoms in total. The molecule has 17 heavy (non-hydrogen) atoms. The first-order valence-electron chi connectivity index (χ1n) is 5.77. The average molecular weight is 249 g/mol. The maximum atomic E-state index is 10.5. The molecule has 0 radical (unpaired) electrons. The second-order valence-corrected chi connectivity index (χ2v) is 10.9. The first kappa shape index (κ1) is 13.6. The van der Waals surface area contributed by atoms with E-state index in [1.165, 1.54) is 6.04 Å². The number of non-ortho nitro benzene ring substituents is 1. The highest BCUT2D eigenvalue weighted by atomic mass is 28.3. The minimum Gasteiger partial charge on any atom is -0.258 e. The molecule has 0 atom stereocenters. The molecule has 0 fully saturated rings. The predicted octanol–water partition coefficient (Wildman–Crippen LogP) is 4.03. The number of nitro groups is 1. The lowest BCUT2D eigenvalue weighted by molar-refractivity contribution is -0.384. The topological polar surface area (TPSA) is 43.1 Å². The molecule has 0 heterocycles. The number of nitro benzene ring substituents is 1. The summed E-state index contributed by atoms with van der Waals surface area (Å²) in [6, 6.07) is 7.93. The van der Waals surface area contributed by atoms with E-state index in [0.717, 1.165) is 12.0 Å². The van der Waals surface area contributed by atoms with E-state index in [-0.39, 0.29) is 10.6 Å². The van der Waals surface area contributed by atoms with Gasteiger partial charge in [0.25, 0.3) is 5.69 Å². The van der Waals surface area contributed by atoms with E-state index in [4.69, 9.17) is 0 Å². The molecule has 0 amide bonds. The molecule has 92 valence electrons. The molecule has 0 aromatic heterocycles. The smallest absolute Gasteiger partial charge is 0.258 e. The van der Waals surface area contributed by atoms with Gasteiger partial charge in [0.2, 0.25) is 0 Å². The lowest BCUT2D eigenvalue weighted by Gasteiger charge is -2.11. The van der Waals surface area contributed by atoms with E-state index >= 15 is 0 Å². The summed E-state index contributed by atoms with van der Waals surface area (Å²) in [6.45, 7) is 7.01. The summed E-state index contributed by atoms with van der Waals surface area (Å²) >= 11 is 0. The highest BCUT2D eigenvalue weighted by molar-refractivity contribution is 6.76. The highest BCUT2D eigenvalue weighted by Gasteiger charge is 2.09. The second kappa shape index (κ2) is 5.77. The molecule has 0 aliphatic carbocycles. The standard InChI is InChI=1S/C13H19NO2Si/c1-17(2,3)11-5-4-6-12-7-9-13(10-8-12)14(15)16/h4-5,7-10H,6,11H2,1-3H3/b5-4+. The van der Waals surface area contributed by atoms with Crippen LogP contribution in [0.2, 0.25) is 25.7 Å². The van der Waals surface area contributed by atoms with E-state index in [2.05, 4.69) is 31.8 Å². The first-order valence-corrected chi connectivity index (χ1v) is 9.47. The quantitative estimate of drug-likeness (QED) is 0.342. The van der Waals surface area contributed by atoms with Crippen LogP contribution < -0.4 is 0 Å². The van der Waals surface area contributed by atoms with Gasteiger partial charge in [0.05, 0.1) is 4.92 Å². The molecule has 1 rings (SSSR count). The lowest BCUT2D eigenvalue weighted by atomic mass is 10.1. The van der Waals surface area contributed by atoms with E-state index in [1.807, 2.05) is 12.1 Å². The van der Waals surface area contributed by atoms with Crippen molar-refractivity contribution < 1.29 is 4.92 Å². The number of hydrogen-bond acceptors (Lipinski definition) is 2. The zero-order chi connectivity index (χ0) is 12.9. The molecule has 1 aromatic rings. The maximum Gasteiger partial charge on any atom is 0.269 e. The Bertz CT molecular complexity index is 404. The highest BCUT2D eigenvalue weighted by Crippen LogP contribution is 2.13. The van der Waals surface area contributed by atoms with Gasteiger partial charge in [-0.05, 0) is 18.0 Å². The largest absolute Gasteiger partial charge is 0.269 e. The van der Waals surface area contributed by atoms with Gasteiger partial charge in [0, 0.05) is 20.2 Å². The Balaban J connectivity index is 2.50. The van der Waals surface area contributed by atoms with Gasteiger partial charge in [0.15, 0.2) is 0 Å². The molecule has 0 spiro atoms. The fourth-order valence-corrected chi connectivity index (χ4v) is 2.28. The van der Waals surface area contributed by atoms with E-state index in [1.54, 1.807) is 12.1 Å². The molecule has 0 bridgehead atoms. The number of allylic oxidation sites excluding steroid dienone is 2. The van der Waals surface area contributed by atoms with Crippen LogP contribution in [-0.2, 0) is 6.42 Å². The van der Waals surface area contributed by atoms with Gasteiger partial charge >= 0.3 is 0 Å². The molecule has 0 aliphatic rings. The van der Waals surface area contributed by atoms with Crippen LogP contribution in [0.25, 0.3) is 0 Å². The summed E-state index contributed by atoms with van der Waals surface area (Å²) < 4.78 is 0. The van der Waals surface area contributed by atoms with E-state index in [9.17, 15) is 10.1 Å². The van der Waals surface area contributed by atoms with Crippen LogP contribution in [0, 0.1) is 10.1 Å². The molecule has 0 saturated carbocycles. The fraction of sp³-hybridized carbons (Fsp3) is 0.385. The van der Waals surface area contributed by atoms with Crippen molar-refractivity contribution in [1.82, 2.24) is 0 Å². The number of nitrogens with zero attached hydrogens (tertiary/aromatic N) is 1. The fourth-order valence-electron chi connectivity index (χ4n) is 1.41. The van der Waals surface area contributed by atoms with E-state index < -0.39 is 8.07 Å². The van der Waals surface area contributed by atoms with Gasteiger partial charge < -0.3 is 0 Å². The summed E-state index contributed by atoms with van der Waals surface area (Å²) in [6.07, 6.45) is 5.23. The van der Waals surface area contributed by atoms with E-state index in [0.29, 0.717) is 0 Å². The molecule has 1 aromatic carbocycles. The minimum absolute atomic E-state index is 0.153.